The van der Waals surface area contributed by atoms with Gasteiger partial charge in [-0.1, -0.05) is 0 Å². The van der Waals surface area contributed by atoms with E-state index in [4.69, 9.17) is 0 Å². The number of hydrogen-bond donors (Lipinski definition) is 2. The van der Waals surface area contributed by atoms with E-state index >= 15 is 0 Å². The van der Waals surface area contributed by atoms with Crippen LogP contribution < -0.4 is 10.0 Å². The summed E-state index contributed by atoms with van der Waals surface area (Å²) in [6.45, 7) is 4.29. The molecule has 0 amide bonds. The quantitative estimate of drug-likeness (QED) is 0.716. The molecule has 9 heteroatoms. The number of anilines is 1. The SMILES string of the molecule is CCNc1ncc(S(=O)(=O)NC(C)CCS(C)=O)cn1. The molecule has 1 aromatic heterocycles. The molecule has 1 aromatic rings. The molecule has 20 heavy (non-hydrogen) atoms. The van der Waals surface area contributed by atoms with Crippen LogP contribution in [0.2, 0.25) is 0 Å². The molecule has 0 aliphatic rings. The van der Waals surface area contributed by atoms with Gasteiger partial charge in [-0.25, -0.2) is 23.1 Å². The molecule has 0 aliphatic heterocycles. The van der Waals surface area contributed by atoms with Gasteiger partial charge < -0.3 is 5.32 Å². The van der Waals surface area contributed by atoms with Gasteiger partial charge in [0.1, 0.15) is 4.90 Å². The van der Waals surface area contributed by atoms with Crippen LogP contribution >= 0.6 is 0 Å². The second kappa shape index (κ2) is 7.65. The molecule has 0 aliphatic carbocycles. The number of nitrogens with zero attached hydrogens (tertiary/aromatic N) is 2. The van der Waals surface area contributed by atoms with Crippen LogP contribution in [0.3, 0.4) is 0 Å². The minimum absolute atomic E-state index is 0.0172. The van der Waals surface area contributed by atoms with Crippen molar-refractivity contribution in [3.05, 3.63) is 12.4 Å². The van der Waals surface area contributed by atoms with Crippen LogP contribution in [-0.2, 0) is 20.8 Å². The zero-order valence-electron chi connectivity index (χ0n) is 11.8. The highest BCUT2D eigenvalue weighted by Gasteiger charge is 2.18. The van der Waals surface area contributed by atoms with Gasteiger partial charge in [-0.2, -0.15) is 0 Å². The van der Waals surface area contributed by atoms with Crippen LogP contribution in [0.5, 0.6) is 0 Å². The van der Waals surface area contributed by atoms with Crippen LogP contribution in [0.25, 0.3) is 0 Å². The fraction of sp³-hybridized carbons (Fsp3) is 0.636. The summed E-state index contributed by atoms with van der Waals surface area (Å²) in [5.41, 5.74) is 0. The molecule has 2 atom stereocenters. The van der Waals surface area contributed by atoms with Crippen molar-refractivity contribution in [2.45, 2.75) is 31.2 Å². The maximum atomic E-state index is 12.1. The monoisotopic (exact) mass is 320 g/mol. The van der Waals surface area contributed by atoms with E-state index in [2.05, 4.69) is 20.0 Å². The lowest BCUT2D eigenvalue weighted by Crippen LogP contribution is -2.33. The van der Waals surface area contributed by atoms with Crippen molar-refractivity contribution in [2.75, 3.05) is 23.9 Å². The smallest absolute Gasteiger partial charge is 0.243 e. The fourth-order valence-corrected chi connectivity index (χ4v) is 3.29. The van der Waals surface area contributed by atoms with Crippen molar-refractivity contribution in [3.63, 3.8) is 0 Å². The summed E-state index contributed by atoms with van der Waals surface area (Å²) in [4.78, 5) is 7.87. The predicted octanol–water partition coefficient (Wildman–Crippen LogP) is 0.344. The summed E-state index contributed by atoms with van der Waals surface area (Å²) in [5, 5.41) is 2.89. The summed E-state index contributed by atoms with van der Waals surface area (Å²) in [7, 11) is -4.57. The molecule has 1 heterocycles. The molecule has 2 N–H and O–H groups in total. The lowest BCUT2D eigenvalue weighted by Gasteiger charge is -2.13. The number of nitrogens with one attached hydrogen (secondary N) is 2. The number of aromatic nitrogens is 2. The Labute approximate surface area is 122 Å². The van der Waals surface area contributed by atoms with Gasteiger partial charge in [-0.15, -0.1) is 0 Å². The van der Waals surface area contributed by atoms with E-state index in [1.165, 1.54) is 12.4 Å². The molecular weight excluding hydrogens is 300 g/mol. The standard InChI is InChI=1S/C11H20N4O3S2/c1-4-12-11-13-7-10(8-14-11)20(17,18)15-9(2)5-6-19(3)16/h7-9,15H,4-6H2,1-3H3,(H,12,13,14). The Bertz CT molecular complexity index is 545. The highest BCUT2D eigenvalue weighted by molar-refractivity contribution is 7.89. The lowest BCUT2D eigenvalue weighted by atomic mass is 10.3. The van der Waals surface area contributed by atoms with Crippen LogP contribution in [0.1, 0.15) is 20.3 Å². The summed E-state index contributed by atoms with van der Waals surface area (Å²) in [6, 6.07) is -0.294. The maximum absolute atomic E-state index is 12.1. The molecule has 0 bridgehead atoms. The van der Waals surface area contributed by atoms with Gasteiger partial charge in [0.25, 0.3) is 0 Å². The normalized spacial score (nSPS) is 14.8. The van der Waals surface area contributed by atoms with E-state index in [1.54, 1.807) is 13.2 Å². The second-order valence-electron chi connectivity index (χ2n) is 4.36. The molecule has 0 saturated carbocycles. The van der Waals surface area contributed by atoms with Gasteiger partial charge in [-0.05, 0) is 20.3 Å². The zero-order chi connectivity index (χ0) is 15.2. The van der Waals surface area contributed by atoms with Crippen LogP contribution in [-0.4, -0.2) is 47.2 Å². The second-order valence-corrected chi connectivity index (χ2v) is 7.63. The minimum Gasteiger partial charge on any atom is -0.355 e. The third-order valence-electron chi connectivity index (χ3n) is 2.47. The molecular formula is C11H20N4O3S2. The summed E-state index contributed by atoms with van der Waals surface area (Å²) in [6.07, 6.45) is 4.63. The number of sulfonamides is 1. The van der Waals surface area contributed by atoms with Gasteiger partial charge in [0, 0.05) is 35.4 Å². The molecule has 1 rings (SSSR count). The van der Waals surface area contributed by atoms with Gasteiger partial charge in [0.15, 0.2) is 0 Å². The topological polar surface area (TPSA) is 101 Å². The van der Waals surface area contributed by atoms with Crippen LogP contribution in [0.15, 0.2) is 17.3 Å². The van der Waals surface area contributed by atoms with Gasteiger partial charge in [-0.3, -0.25) is 4.21 Å². The Morgan fingerprint density at radius 3 is 2.45 bits per heavy atom. The van der Waals surface area contributed by atoms with Gasteiger partial charge in [0.2, 0.25) is 16.0 Å². The summed E-state index contributed by atoms with van der Waals surface area (Å²) >= 11 is 0. The zero-order valence-corrected chi connectivity index (χ0v) is 13.4. The number of rotatable bonds is 8. The first-order valence-corrected chi connectivity index (χ1v) is 9.44. The summed E-state index contributed by atoms with van der Waals surface area (Å²) in [5.74, 6) is 0.848. The highest BCUT2D eigenvalue weighted by atomic mass is 32.2. The molecule has 0 saturated heterocycles. The van der Waals surface area contributed by atoms with E-state index in [0.29, 0.717) is 24.7 Å². The minimum atomic E-state index is -3.64. The maximum Gasteiger partial charge on any atom is 0.243 e. The van der Waals surface area contributed by atoms with Crippen molar-refractivity contribution in [3.8, 4) is 0 Å². The van der Waals surface area contributed by atoms with Crippen molar-refractivity contribution >= 4 is 26.8 Å². The average molecular weight is 320 g/mol. The first kappa shape index (κ1) is 17.0. The molecule has 2 unspecified atom stereocenters. The third kappa shape index (κ3) is 5.51. The summed E-state index contributed by atoms with van der Waals surface area (Å²) < 4.78 is 37.6. The van der Waals surface area contributed by atoms with E-state index in [-0.39, 0.29) is 10.9 Å². The average Bonchev–Trinajstić information content (AvgIpc) is 2.37. The highest BCUT2D eigenvalue weighted by Crippen LogP contribution is 2.09. The Morgan fingerprint density at radius 1 is 1.35 bits per heavy atom. The van der Waals surface area contributed by atoms with Crippen molar-refractivity contribution in [1.82, 2.24) is 14.7 Å². The third-order valence-corrected chi connectivity index (χ3v) is 4.82. The number of hydrogen-bond acceptors (Lipinski definition) is 6. The Kier molecular flexibility index (Phi) is 6.50. The lowest BCUT2D eigenvalue weighted by molar-refractivity contribution is 0.555. The molecule has 114 valence electrons. The van der Waals surface area contributed by atoms with E-state index < -0.39 is 20.8 Å². The molecule has 0 fully saturated rings. The van der Waals surface area contributed by atoms with Crippen LogP contribution in [0.4, 0.5) is 5.95 Å². The molecule has 0 radical (unpaired) electrons. The van der Waals surface area contributed by atoms with Crippen molar-refractivity contribution < 1.29 is 12.6 Å². The fourth-order valence-electron chi connectivity index (χ4n) is 1.44. The van der Waals surface area contributed by atoms with Crippen molar-refractivity contribution in [2.24, 2.45) is 0 Å². The van der Waals surface area contributed by atoms with E-state index in [9.17, 15) is 12.6 Å². The largest absolute Gasteiger partial charge is 0.355 e. The predicted molar refractivity (Wildman–Crippen MR) is 79.5 cm³/mol. The van der Waals surface area contributed by atoms with E-state index in [0.717, 1.165) is 0 Å². The molecule has 0 aromatic carbocycles. The van der Waals surface area contributed by atoms with Gasteiger partial charge in [0.05, 0.1) is 12.4 Å². The molecule has 7 nitrogen and oxygen atoms in total. The first-order valence-electron chi connectivity index (χ1n) is 6.23. The van der Waals surface area contributed by atoms with E-state index in [1.807, 2.05) is 6.92 Å². The van der Waals surface area contributed by atoms with Crippen LogP contribution in [0, 0.1) is 0 Å². The van der Waals surface area contributed by atoms with Gasteiger partial charge >= 0.3 is 0 Å². The Balaban J connectivity index is 2.70. The first-order chi connectivity index (χ1) is 9.35. The molecule has 0 spiro atoms. The van der Waals surface area contributed by atoms with Crippen molar-refractivity contribution in [1.29, 1.82) is 0 Å². The Morgan fingerprint density at radius 2 is 1.95 bits per heavy atom. The Hall–Kier alpha value is -1.06.